The molecule has 0 N–H and O–H groups in total. The lowest BCUT2D eigenvalue weighted by Gasteiger charge is -2.22. The first-order chi connectivity index (χ1) is 13.7. The van der Waals surface area contributed by atoms with Crippen LogP contribution in [0.25, 0.3) is 21.9 Å². The third-order valence-electron chi connectivity index (χ3n) is 5.11. The lowest BCUT2D eigenvalue weighted by Crippen LogP contribution is -2.32. The topological polar surface area (TPSA) is 38.8 Å². The van der Waals surface area contributed by atoms with Crippen LogP contribution in [-0.4, -0.2) is 30.7 Å². The van der Waals surface area contributed by atoms with Gasteiger partial charge < -0.3 is 14.4 Å². The van der Waals surface area contributed by atoms with Gasteiger partial charge in [-0.25, -0.2) is 0 Å². The molecule has 0 saturated carbocycles. The van der Waals surface area contributed by atoms with E-state index >= 15 is 0 Å². The van der Waals surface area contributed by atoms with Crippen molar-refractivity contribution in [2.24, 2.45) is 0 Å². The van der Waals surface area contributed by atoms with E-state index in [1.807, 2.05) is 47.4 Å². The zero-order valence-corrected chi connectivity index (χ0v) is 16.4. The van der Waals surface area contributed by atoms with Crippen molar-refractivity contribution in [3.8, 4) is 22.6 Å². The van der Waals surface area contributed by atoms with Crippen molar-refractivity contribution in [3.05, 3.63) is 60.2 Å². The van der Waals surface area contributed by atoms with Crippen LogP contribution in [-0.2, 0) is 0 Å². The third-order valence-corrected chi connectivity index (χ3v) is 5.11. The first-order valence-corrected chi connectivity index (χ1v) is 9.94. The number of ether oxygens (including phenoxy) is 2. The largest absolute Gasteiger partial charge is 0.454 e. The van der Waals surface area contributed by atoms with Gasteiger partial charge in [0.05, 0.1) is 0 Å². The smallest absolute Gasteiger partial charge is 0.254 e. The Hall–Kier alpha value is -3.01. The van der Waals surface area contributed by atoms with Crippen molar-refractivity contribution in [2.45, 2.75) is 26.7 Å². The van der Waals surface area contributed by atoms with Crippen molar-refractivity contribution in [1.29, 1.82) is 0 Å². The fraction of sp³-hybridized carbons (Fsp3) is 0.292. The molecule has 3 aromatic carbocycles. The first kappa shape index (κ1) is 18.4. The molecule has 0 radical (unpaired) electrons. The maximum absolute atomic E-state index is 13.2. The molecule has 1 amide bonds. The molecule has 3 aromatic rings. The van der Waals surface area contributed by atoms with Gasteiger partial charge in [-0.05, 0) is 52.9 Å². The number of fused-ring (bicyclic) bond motifs is 2. The maximum Gasteiger partial charge on any atom is 0.254 e. The minimum Gasteiger partial charge on any atom is -0.454 e. The Morgan fingerprint density at radius 2 is 1.61 bits per heavy atom. The summed E-state index contributed by atoms with van der Waals surface area (Å²) in [6, 6.07) is 18.1. The van der Waals surface area contributed by atoms with Gasteiger partial charge in [0.15, 0.2) is 11.5 Å². The van der Waals surface area contributed by atoms with E-state index < -0.39 is 0 Å². The molecule has 28 heavy (non-hydrogen) atoms. The van der Waals surface area contributed by atoms with E-state index in [0.29, 0.717) is 0 Å². The maximum atomic E-state index is 13.2. The van der Waals surface area contributed by atoms with E-state index in [2.05, 4.69) is 26.0 Å². The van der Waals surface area contributed by atoms with Crippen LogP contribution in [0.3, 0.4) is 0 Å². The molecule has 1 aliphatic rings. The van der Waals surface area contributed by atoms with Crippen LogP contribution in [0.4, 0.5) is 0 Å². The second-order valence-electron chi connectivity index (χ2n) is 7.07. The summed E-state index contributed by atoms with van der Waals surface area (Å²) < 4.78 is 11.0. The van der Waals surface area contributed by atoms with Crippen molar-refractivity contribution in [3.63, 3.8) is 0 Å². The molecule has 4 nitrogen and oxygen atoms in total. The van der Waals surface area contributed by atoms with Gasteiger partial charge in [-0.1, -0.05) is 50.2 Å². The summed E-state index contributed by atoms with van der Waals surface area (Å²) in [5.74, 6) is 1.64. The second-order valence-corrected chi connectivity index (χ2v) is 7.07. The molecular formula is C24H25NO3. The highest BCUT2D eigenvalue weighted by molar-refractivity contribution is 6.10. The summed E-state index contributed by atoms with van der Waals surface area (Å²) in [6.07, 6.45) is 1.91. The number of nitrogens with zero attached hydrogens (tertiary/aromatic N) is 1. The number of amides is 1. The summed E-state index contributed by atoms with van der Waals surface area (Å²) >= 11 is 0. The van der Waals surface area contributed by atoms with E-state index in [-0.39, 0.29) is 12.7 Å². The quantitative estimate of drug-likeness (QED) is 0.571. The van der Waals surface area contributed by atoms with Crippen molar-refractivity contribution in [1.82, 2.24) is 4.90 Å². The number of hydrogen-bond acceptors (Lipinski definition) is 3. The summed E-state index contributed by atoms with van der Waals surface area (Å²) in [6.45, 7) is 6.04. The predicted octanol–water partition coefficient (Wildman–Crippen LogP) is 5.50. The normalized spacial score (nSPS) is 12.4. The molecule has 144 valence electrons. The number of carbonyl (C=O) groups is 1. The highest BCUT2D eigenvalue weighted by atomic mass is 16.7. The Balaban J connectivity index is 1.80. The second kappa shape index (κ2) is 7.93. The lowest BCUT2D eigenvalue weighted by molar-refractivity contribution is 0.0757. The molecule has 0 spiro atoms. The van der Waals surface area contributed by atoms with Crippen molar-refractivity contribution in [2.75, 3.05) is 19.9 Å². The molecular weight excluding hydrogens is 350 g/mol. The highest BCUT2D eigenvalue weighted by Gasteiger charge is 2.19. The molecule has 0 bridgehead atoms. The van der Waals surface area contributed by atoms with Crippen LogP contribution >= 0.6 is 0 Å². The number of carbonyl (C=O) groups excluding carboxylic acids is 1. The van der Waals surface area contributed by atoms with Crippen LogP contribution in [0.15, 0.2) is 54.6 Å². The summed E-state index contributed by atoms with van der Waals surface area (Å²) in [5.41, 5.74) is 2.91. The van der Waals surface area contributed by atoms with E-state index in [0.717, 1.165) is 64.9 Å². The number of rotatable bonds is 6. The van der Waals surface area contributed by atoms with Gasteiger partial charge >= 0.3 is 0 Å². The molecule has 4 heteroatoms. The zero-order valence-electron chi connectivity index (χ0n) is 16.4. The third kappa shape index (κ3) is 3.31. The molecule has 0 unspecified atom stereocenters. The van der Waals surface area contributed by atoms with Crippen molar-refractivity contribution >= 4 is 16.7 Å². The highest BCUT2D eigenvalue weighted by Crippen LogP contribution is 2.38. The average Bonchev–Trinajstić information content (AvgIpc) is 3.20. The SMILES string of the molecule is CCCN(CCC)C(=O)c1cccc2c(-c3ccc4c(c3)OCO4)cccc12. The fourth-order valence-electron chi connectivity index (χ4n) is 3.84. The van der Waals surface area contributed by atoms with Crippen LogP contribution in [0, 0.1) is 0 Å². The monoisotopic (exact) mass is 375 g/mol. The number of benzene rings is 3. The molecule has 0 aromatic heterocycles. The Morgan fingerprint density at radius 3 is 2.39 bits per heavy atom. The minimum atomic E-state index is 0.108. The molecule has 4 rings (SSSR count). The van der Waals surface area contributed by atoms with Gasteiger partial charge in [-0.15, -0.1) is 0 Å². The number of hydrogen-bond donors (Lipinski definition) is 0. The summed E-state index contributed by atoms with van der Waals surface area (Å²) in [5, 5.41) is 2.06. The van der Waals surface area contributed by atoms with Gasteiger partial charge in [0.1, 0.15) is 0 Å². The molecule has 1 aliphatic heterocycles. The Kier molecular flexibility index (Phi) is 5.20. The van der Waals surface area contributed by atoms with E-state index in [1.54, 1.807) is 0 Å². The molecule has 0 atom stereocenters. The van der Waals surface area contributed by atoms with Gasteiger partial charge in [-0.3, -0.25) is 4.79 Å². The Bertz CT molecular complexity index is 1010. The summed E-state index contributed by atoms with van der Waals surface area (Å²) in [4.78, 5) is 15.2. The van der Waals surface area contributed by atoms with E-state index in [4.69, 9.17) is 9.47 Å². The fourth-order valence-corrected chi connectivity index (χ4v) is 3.84. The van der Waals surface area contributed by atoms with Crippen LogP contribution in [0.2, 0.25) is 0 Å². The predicted molar refractivity (Wildman–Crippen MR) is 112 cm³/mol. The Labute approximate surface area is 165 Å². The van der Waals surface area contributed by atoms with Crippen LogP contribution in [0.1, 0.15) is 37.0 Å². The van der Waals surface area contributed by atoms with Gasteiger partial charge in [-0.2, -0.15) is 0 Å². The van der Waals surface area contributed by atoms with Gasteiger partial charge in [0.2, 0.25) is 6.79 Å². The zero-order chi connectivity index (χ0) is 19.5. The summed E-state index contributed by atoms with van der Waals surface area (Å²) in [7, 11) is 0. The molecule has 0 fully saturated rings. The van der Waals surface area contributed by atoms with Crippen molar-refractivity contribution < 1.29 is 14.3 Å². The minimum absolute atomic E-state index is 0.108. The molecule has 0 aliphatic carbocycles. The van der Waals surface area contributed by atoms with Gasteiger partial charge in [0.25, 0.3) is 5.91 Å². The van der Waals surface area contributed by atoms with Gasteiger partial charge in [0, 0.05) is 18.7 Å². The van der Waals surface area contributed by atoms with E-state index in [1.165, 1.54) is 0 Å². The average molecular weight is 375 g/mol. The lowest BCUT2D eigenvalue weighted by atomic mass is 9.95. The molecule has 1 heterocycles. The van der Waals surface area contributed by atoms with E-state index in [9.17, 15) is 4.79 Å². The molecule has 0 saturated heterocycles. The van der Waals surface area contributed by atoms with Crippen LogP contribution < -0.4 is 9.47 Å². The van der Waals surface area contributed by atoms with Crippen LogP contribution in [0.5, 0.6) is 11.5 Å². The first-order valence-electron chi connectivity index (χ1n) is 9.94. The standard InChI is InChI=1S/C24H25NO3/c1-3-13-25(14-4-2)24(26)21-10-6-8-19-18(7-5-9-20(19)21)17-11-12-22-23(15-17)28-16-27-22/h5-12,15H,3-4,13-14,16H2,1-2H3. The Morgan fingerprint density at radius 1 is 0.893 bits per heavy atom.